The molecule has 0 spiro atoms. The molecule has 0 aliphatic carbocycles. The van der Waals surface area contributed by atoms with Crippen molar-refractivity contribution in [2.45, 2.75) is 33.7 Å². The Morgan fingerprint density at radius 2 is 1.82 bits per heavy atom. The molecule has 2 heteroatoms. The van der Waals surface area contributed by atoms with Gasteiger partial charge >= 0.3 is 0 Å². The maximum atomic E-state index is 5.94. The molecule has 96 valence electrons. The van der Waals surface area contributed by atoms with Gasteiger partial charge in [0.15, 0.2) is 0 Å². The third-order valence-electron chi connectivity index (χ3n) is 3.50. The molecule has 0 aromatic heterocycles. The van der Waals surface area contributed by atoms with Gasteiger partial charge in [0.25, 0.3) is 0 Å². The van der Waals surface area contributed by atoms with Gasteiger partial charge in [-0.15, -0.1) is 0 Å². The van der Waals surface area contributed by atoms with Crippen LogP contribution in [0, 0.1) is 19.3 Å². The van der Waals surface area contributed by atoms with Crippen molar-refractivity contribution in [3.8, 4) is 0 Å². The number of hydrogen-bond donors (Lipinski definition) is 1. The Kier molecular flexibility index (Phi) is 4.34. The molecule has 0 saturated heterocycles. The summed E-state index contributed by atoms with van der Waals surface area (Å²) in [5.74, 6) is 0. The fourth-order valence-corrected chi connectivity index (χ4v) is 2.64. The minimum atomic E-state index is 0.0729. The molecular formula is C15H26N2. The Balaban J connectivity index is 3.24. The van der Waals surface area contributed by atoms with Gasteiger partial charge in [0.1, 0.15) is 0 Å². The summed E-state index contributed by atoms with van der Waals surface area (Å²) >= 11 is 0. The fourth-order valence-electron chi connectivity index (χ4n) is 2.64. The van der Waals surface area contributed by atoms with Crippen LogP contribution in [0.3, 0.4) is 0 Å². The standard InChI is InChI=1S/C15H26N2/c1-11-7-8-13(12(2)9-11)14(17(5)6)15(3,4)10-16/h7-9,14H,10,16H2,1-6H3. The second kappa shape index (κ2) is 5.19. The molecule has 0 aliphatic heterocycles. The highest BCUT2D eigenvalue weighted by Gasteiger charge is 2.32. The van der Waals surface area contributed by atoms with Crippen molar-refractivity contribution in [2.24, 2.45) is 11.1 Å². The number of benzene rings is 1. The monoisotopic (exact) mass is 234 g/mol. The second-order valence-corrected chi connectivity index (χ2v) is 5.92. The van der Waals surface area contributed by atoms with Crippen LogP contribution in [0.1, 0.15) is 36.6 Å². The Labute approximate surface area is 106 Å². The van der Waals surface area contributed by atoms with Gasteiger partial charge in [0.05, 0.1) is 0 Å². The lowest BCUT2D eigenvalue weighted by Gasteiger charge is -2.39. The van der Waals surface area contributed by atoms with E-state index in [4.69, 9.17) is 5.73 Å². The molecule has 1 aromatic carbocycles. The van der Waals surface area contributed by atoms with Gasteiger partial charge in [-0.3, -0.25) is 0 Å². The minimum absolute atomic E-state index is 0.0729. The van der Waals surface area contributed by atoms with E-state index in [9.17, 15) is 0 Å². The molecule has 0 fully saturated rings. The van der Waals surface area contributed by atoms with E-state index in [1.165, 1.54) is 16.7 Å². The highest BCUT2D eigenvalue weighted by atomic mass is 15.1. The largest absolute Gasteiger partial charge is 0.330 e. The number of rotatable bonds is 4. The maximum Gasteiger partial charge on any atom is 0.0407 e. The highest BCUT2D eigenvalue weighted by Crippen LogP contribution is 2.37. The van der Waals surface area contributed by atoms with Crippen molar-refractivity contribution in [3.05, 3.63) is 34.9 Å². The van der Waals surface area contributed by atoms with Crippen LogP contribution in [-0.4, -0.2) is 25.5 Å². The number of nitrogens with zero attached hydrogens (tertiary/aromatic N) is 1. The number of hydrogen-bond acceptors (Lipinski definition) is 2. The van der Waals surface area contributed by atoms with E-state index in [-0.39, 0.29) is 5.41 Å². The zero-order valence-corrected chi connectivity index (χ0v) is 12.0. The average Bonchev–Trinajstić information content (AvgIpc) is 2.21. The molecule has 2 N–H and O–H groups in total. The summed E-state index contributed by atoms with van der Waals surface area (Å²) in [6.07, 6.45) is 0. The molecule has 1 rings (SSSR count). The first kappa shape index (κ1) is 14.2. The van der Waals surface area contributed by atoms with Crippen molar-refractivity contribution in [3.63, 3.8) is 0 Å². The van der Waals surface area contributed by atoms with Gasteiger partial charge in [-0.2, -0.15) is 0 Å². The summed E-state index contributed by atoms with van der Waals surface area (Å²) in [4.78, 5) is 2.27. The Hall–Kier alpha value is -0.860. The zero-order chi connectivity index (χ0) is 13.2. The predicted octanol–water partition coefficient (Wildman–Crippen LogP) is 2.89. The molecule has 0 saturated carbocycles. The highest BCUT2D eigenvalue weighted by molar-refractivity contribution is 5.34. The molecule has 1 atom stereocenters. The number of aryl methyl sites for hydroxylation is 2. The molecule has 0 amide bonds. The predicted molar refractivity (Wildman–Crippen MR) is 75.2 cm³/mol. The Morgan fingerprint density at radius 3 is 2.24 bits per heavy atom. The van der Waals surface area contributed by atoms with Crippen LogP contribution < -0.4 is 5.73 Å². The van der Waals surface area contributed by atoms with Gasteiger partial charge in [-0.05, 0) is 51.0 Å². The van der Waals surface area contributed by atoms with Gasteiger partial charge in [-0.25, -0.2) is 0 Å². The summed E-state index contributed by atoms with van der Waals surface area (Å²) in [5, 5.41) is 0. The lowest BCUT2D eigenvalue weighted by molar-refractivity contribution is 0.142. The van der Waals surface area contributed by atoms with Crippen LogP contribution in [0.4, 0.5) is 0 Å². The smallest absolute Gasteiger partial charge is 0.0407 e. The second-order valence-electron chi connectivity index (χ2n) is 5.92. The topological polar surface area (TPSA) is 29.3 Å². The lowest BCUT2D eigenvalue weighted by Crippen LogP contribution is -2.39. The third-order valence-corrected chi connectivity index (χ3v) is 3.50. The average molecular weight is 234 g/mol. The van der Waals surface area contributed by atoms with Crippen molar-refractivity contribution < 1.29 is 0 Å². The van der Waals surface area contributed by atoms with Crippen LogP contribution in [-0.2, 0) is 0 Å². The normalized spacial score (nSPS) is 14.1. The number of nitrogens with two attached hydrogens (primary N) is 1. The van der Waals surface area contributed by atoms with E-state index in [0.29, 0.717) is 12.6 Å². The zero-order valence-electron chi connectivity index (χ0n) is 12.0. The van der Waals surface area contributed by atoms with Crippen molar-refractivity contribution in [2.75, 3.05) is 20.6 Å². The quantitative estimate of drug-likeness (QED) is 0.868. The van der Waals surface area contributed by atoms with Crippen LogP contribution in [0.25, 0.3) is 0 Å². The Morgan fingerprint density at radius 1 is 1.24 bits per heavy atom. The third kappa shape index (κ3) is 3.08. The van der Waals surface area contributed by atoms with E-state index in [2.05, 4.69) is 64.9 Å². The molecule has 1 unspecified atom stereocenters. The maximum absolute atomic E-state index is 5.94. The molecule has 2 nitrogen and oxygen atoms in total. The van der Waals surface area contributed by atoms with Gasteiger partial charge < -0.3 is 10.6 Å². The molecular weight excluding hydrogens is 208 g/mol. The van der Waals surface area contributed by atoms with Gasteiger partial charge in [-0.1, -0.05) is 37.6 Å². The van der Waals surface area contributed by atoms with Crippen molar-refractivity contribution in [1.29, 1.82) is 0 Å². The lowest BCUT2D eigenvalue weighted by atomic mass is 9.78. The summed E-state index contributed by atoms with van der Waals surface area (Å²) < 4.78 is 0. The van der Waals surface area contributed by atoms with Gasteiger partial charge in [0.2, 0.25) is 0 Å². The SMILES string of the molecule is Cc1ccc(C(N(C)C)C(C)(C)CN)c(C)c1. The molecule has 0 aliphatic rings. The minimum Gasteiger partial charge on any atom is -0.330 e. The van der Waals surface area contributed by atoms with E-state index in [0.717, 1.165) is 0 Å². The van der Waals surface area contributed by atoms with Gasteiger partial charge in [0, 0.05) is 6.04 Å². The van der Waals surface area contributed by atoms with E-state index in [1.54, 1.807) is 0 Å². The van der Waals surface area contributed by atoms with Crippen LogP contribution in [0.2, 0.25) is 0 Å². The van der Waals surface area contributed by atoms with E-state index >= 15 is 0 Å². The summed E-state index contributed by atoms with van der Waals surface area (Å²) in [6.45, 7) is 9.47. The van der Waals surface area contributed by atoms with Crippen LogP contribution in [0.15, 0.2) is 18.2 Å². The summed E-state index contributed by atoms with van der Waals surface area (Å²) in [6, 6.07) is 7.03. The molecule has 0 heterocycles. The first-order chi connectivity index (χ1) is 7.79. The van der Waals surface area contributed by atoms with Crippen LogP contribution >= 0.6 is 0 Å². The molecule has 0 bridgehead atoms. The summed E-state index contributed by atoms with van der Waals surface area (Å²) in [7, 11) is 4.25. The fraction of sp³-hybridized carbons (Fsp3) is 0.600. The summed E-state index contributed by atoms with van der Waals surface area (Å²) in [5.41, 5.74) is 10.1. The van der Waals surface area contributed by atoms with Crippen molar-refractivity contribution in [1.82, 2.24) is 4.90 Å². The van der Waals surface area contributed by atoms with E-state index in [1.807, 2.05) is 0 Å². The van der Waals surface area contributed by atoms with E-state index < -0.39 is 0 Å². The first-order valence-electron chi connectivity index (χ1n) is 6.23. The van der Waals surface area contributed by atoms with Crippen LogP contribution in [0.5, 0.6) is 0 Å². The molecule has 1 aromatic rings. The van der Waals surface area contributed by atoms with Crippen molar-refractivity contribution >= 4 is 0 Å². The molecule has 0 radical (unpaired) electrons. The first-order valence-corrected chi connectivity index (χ1v) is 6.23. The Bertz CT molecular complexity index is 381. The molecule has 17 heavy (non-hydrogen) atoms.